The van der Waals surface area contributed by atoms with E-state index in [1.54, 1.807) is 0 Å². The van der Waals surface area contributed by atoms with Crippen LogP contribution in [0.15, 0.2) is 6.07 Å². The Kier molecular flexibility index (Phi) is 5.08. The van der Waals surface area contributed by atoms with Gasteiger partial charge in [0.1, 0.15) is 17.3 Å². The summed E-state index contributed by atoms with van der Waals surface area (Å²) in [6, 6.07) is 1.19. The van der Waals surface area contributed by atoms with Gasteiger partial charge in [0, 0.05) is 18.0 Å². The zero-order valence-corrected chi connectivity index (χ0v) is 12.0. The second-order valence-corrected chi connectivity index (χ2v) is 4.32. The number of halogens is 3. The summed E-state index contributed by atoms with van der Waals surface area (Å²) in [4.78, 5) is 14.5. The van der Waals surface area contributed by atoms with Crippen molar-refractivity contribution in [3.05, 3.63) is 34.5 Å². The van der Waals surface area contributed by atoms with Gasteiger partial charge in [-0.15, -0.1) is 12.4 Å². The number of hydrogen-bond donors (Lipinski definition) is 3. The zero-order valence-electron chi connectivity index (χ0n) is 11.1. The van der Waals surface area contributed by atoms with Crippen LogP contribution in [0.4, 0.5) is 8.78 Å². The van der Waals surface area contributed by atoms with Crippen LogP contribution in [0, 0.1) is 18.6 Å². The van der Waals surface area contributed by atoms with Crippen molar-refractivity contribution in [1.82, 2.24) is 10.3 Å². The molecule has 0 aliphatic rings. The quantitative estimate of drug-likeness (QED) is 0.812. The highest BCUT2D eigenvalue weighted by atomic mass is 35.5. The number of fused-ring (bicyclic) bond motifs is 1. The van der Waals surface area contributed by atoms with Crippen LogP contribution in [0.2, 0.25) is 0 Å². The molecule has 0 saturated heterocycles. The monoisotopic (exact) mass is 303 g/mol. The highest BCUT2D eigenvalue weighted by Gasteiger charge is 2.21. The van der Waals surface area contributed by atoms with Gasteiger partial charge in [-0.1, -0.05) is 0 Å². The molecule has 0 aliphatic heterocycles. The van der Waals surface area contributed by atoms with E-state index >= 15 is 0 Å². The Morgan fingerprint density at radius 3 is 2.65 bits per heavy atom. The van der Waals surface area contributed by atoms with Gasteiger partial charge in [-0.3, -0.25) is 4.79 Å². The van der Waals surface area contributed by atoms with Crippen molar-refractivity contribution in [3.63, 3.8) is 0 Å². The van der Waals surface area contributed by atoms with Gasteiger partial charge in [0.05, 0.1) is 5.52 Å². The molecule has 1 amide bonds. The number of nitrogens with one attached hydrogen (secondary N) is 2. The van der Waals surface area contributed by atoms with Gasteiger partial charge >= 0.3 is 0 Å². The Morgan fingerprint density at radius 2 is 2.10 bits per heavy atom. The first-order chi connectivity index (χ1) is 9.01. The fourth-order valence-electron chi connectivity index (χ4n) is 2.16. The second-order valence-electron chi connectivity index (χ2n) is 4.32. The molecule has 110 valence electrons. The van der Waals surface area contributed by atoms with Crippen molar-refractivity contribution in [3.8, 4) is 0 Å². The third-order valence-electron chi connectivity index (χ3n) is 3.16. The van der Waals surface area contributed by atoms with Gasteiger partial charge in [-0.25, -0.2) is 8.78 Å². The van der Waals surface area contributed by atoms with E-state index in [9.17, 15) is 13.6 Å². The number of H-pyrrole nitrogens is 1. The summed E-state index contributed by atoms with van der Waals surface area (Å²) in [7, 11) is 1.47. The van der Waals surface area contributed by atoms with Gasteiger partial charge in [-0.2, -0.15) is 0 Å². The molecule has 0 radical (unpaired) electrons. The molecule has 2 rings (SSSR count). The lowest BCUT2D eigenvalue weighted by molar-refractivity contribution is 0.0958. The average Bonchev–Trinajstić information content (AvgIpc) is 2.74. The molecule has 0 unspecified atom stereocenters. The van der Waals surface area contributed by atoms with Gasteiger partial charge in [0.15, 0.2) is 0 Å². The predicted molar refractivity (Wildman–Crippen MR) is 76.3 cm³/mol. The molecule has 20 heavy (non-hydrogen) atoms. The molecule has 0 aliphatic carbocycles. The third kappa shape index (κ3) is 2.48. The summed E-state index contributed by atoms with van der Waals surface area (Å²) in [6.07, 6.45) is 0.338. The number of nitrogens with two attached hydrogens (primary N) is 1. The van der Waals surface area contributed by atoms with Crippen LogP contribution in [0.5, 0.6) is 0 Å². The SMILES string of the molecule is CNC(=O)c1[nH]c2cc(F)c(C)c(F)c2c1CCN.Cl. The largest absolute Gasteiger partial charge is 0.354 e. The Balaban J connectivity index is 0.00000200. The first-order valence-electron chi connectivity index (χ1n) is 5.92. The molecule has 2 aromatic rings. The van der Waals surface area contributed by atoms with E-state index in [0.29, 0.717) is 12.0 Å². The van der Waals surface area contributed by atoms with Crippen molar-refractivity contribution in [2.45, 2.75) is 13.3 Å². The molecule has 0 atom stereocenters. The molecule has 0 saturated carbocycles. The minimum absolute atomic E-state index is 0. The number of rotatable bonds is 3. The van der Waals surface area contributed by atoms with Crippen LogP contribution < -0.4 is 11.1 Å². The van der Waals surface area contributed by atoms with E-state index in [1.165, 1.54) is 20.0 Å². The molecule has 4 nitrogen and oxygen atoms in total. The first-order valence-corrected chi connectivity index (χ1v) is 5.92. The molecule has 7 heteroatoms. The lowest BCUT2D eigenvalue weighted by Gasteiger charge is -2.04. The molecular weight excluding hydrogens is 288 g/mol. The number of carbonyl (C=O) groups excluding carboxylic acids is 1. The van der Waals surface area contributed by atoms with Crippen LogP contribution in [-0.2, 0) is 6.42 Å². The number of aromatic nitrogens is 1. The maximum Gasteiger partial charge on any atom is 0.267 e. The van der Waals surface area contributed by atoms with Crippen LogP contribution in [0.1, 0.15) is 21.6 Å². The molecule has 0 spiro atoms. The van der Waals surface area contributed by atoms with Gasteiger partial charge in [0.25, 0.3) is 5.91 Å². The van der Waals surface area contributed by atoms with Crippen molar-refractivity contribution in [2.75, 3.05) is 13.6 Å². The molecule has 1 aromatic heterocycles. The minimum Gasteiger partial charge on any atom is -0.354 e. The van der Waals surface area contributed by atoms with E-state index in [4.69, 9.17) is 5.73 Å². The number of hydrogen-bond acceptors (Lipinski definition) is 2. The molecule has 4 N–H and O–H groups in total. The summed E-state index contributed by atoms with van der Waals surface area (Å²) in [5, 5.41) is 2.70. The number of amides is 1. The average molecular weight is 304 g/mol. The lowest BCUT2D eigenvalue weighted by atomic mass is 10.0. The summed E-state index contributed by atoms with van der Waals surface area (Å²) in [5.41, 5.74) is 6.41. The summed E-state index contributed by atoms with van der Waals surface area (Å²) >= 11 is 0. The number of carbonyl (C=O) groups is 1. The predicted octanol–water partition coefficient (Wildman–Crippen LogP) is 2.04. The van der Waals surface area contributed by atoms with Crippen molar-refractivity contribution in [2.24, 2.45) is 5.73 Å². The maximum atomic E-state index is 14.2. The van der Waals surface area contributed by atoms with Gasteiger partial charge in [0.2, 0.25) is 0 Å². The highest BCUT2D eigenvalue weighted by Crippen LogP contribution is 2.29. The van der Waals surface area contributed by atoms with E-state index in [1.807, 2.05) is 0 Å². The zero-order chi connectivity index (χ0) is 14.2. The summed E-state index contributed by atoms with van der Waals surface area (Å²) < 4.78 is 27.7. The van der Waals surface area contributed by atoms with Gasteiger partial charge in [-0.05, 0) is 31.5 Å². The Hall–Kier alpha value is -1.66. The standard InChI is InChI=1S/C13H15F2N3O.ClH/c1-6-8(14)5-9-10(11(6)15)7(3-4-16)12(18-9)13(19)17-2;/h5,18H,3-4,16H2,1-2H3,(H,17,19);1H. The van der Waals surface area contributed by atoms with E-state index in [-0.39, 0.29) is 47.0 Å². The Morgan fingerprint density at radius 1 is 1.45 bits per heavy atom. The van der Waals surface area contributed by atoms with E-state index in [2.05, 4.69) is 10.3 Å². The Labute approximate surface area is 121 Å². The summed E-state index contributed by atoms with van der Waals surface area (Å²) in [6.45, 7) is 1.63. The molecule has 1 aromatic carbocycles. The topological polar surface area (TPSA) is 70.9 Å². The third-order valence-corrected chi connectivity index (χ3v) is 3.16. The molecular formula is C13H16ClF2N3O. The van der Waals surface area contributed by atoms with Crippen molar-refractivity contribution in [1.29, 1.82) is 0 Å². The fraction of sp³-hybridized carbons (Fsp3) is 0.308. The normalized spacial score (nSPS) is 10.4. The van der Waals surface area contributed by atoms with E-state index in [0.717, 1.165) is 0 Å². The van der Waals surface area contributed by atoms with Gasteiger partial charge < -0.3 is 16.0 Å². The van der Waals surface area contributed by atoms with Crippen LogP contribution in [0.25, 0.3) is 10.9 Å². The molecule has 1 heterocycles. The van der Waals surface area contributed by atoms with Crippen LogP contribution in [0.3, 0.4) is 0 Å². The Bertz CT molecular complexity index is 655. The van der Waals surface area contributed by atoms with Crippen LogP contribution in [-0.4, -0.2) is 24.5 Å². The van der Waals surface area contributed by atoms with Crippen LogP contribution >= 0.6 is 12.4 Å². The second kappa shape index (κ2) is 6.19. The fourth-order valence-corrected chi connectivity index (χ4v) is 2.16. The first kappa shape index (κ1) is 16.4. The number of benzene rings is 1. The lowest BCUT2D eigenvalue weighted by Crippen LogP contribution is -2.20. The minimum atomic E-state index is -0.648. The highest BCUT2D eigenvalue weighted by molar-refractivity contribution is 6.01. The van der Waals surface area contributed by atoms with Crippen molar-refractivity contribution < 1.29 is 13.6 Å². The maximum absolute atomic E-state index is 14.2. The molecule has 0 bridgehead atoms. The molecule has 0 fully saturated rings. The van der Waals surface area contributed by atoms with E-state index < -0.39 is 11.6 Å². The van der Waals surface area contributed by atoms with Crippen molar-refractivity contribution >= 4 is 29.2 Å². The smallest absolute Gasteiger partial charge is 0.267 e. The summed E-state index contributed by atoms with van der Waals surface area (Å²) in [5.74, 6) is -1.67. The number of aromatic amines is 1.